The Labute approximate surface area is 161 Å². The average Bonchev–Trinajstić information content (AvgIpc) is 2.58. The molecule has 138 valence electrons. The SMILES string of the molecule is CCc1cc(=O)oc2c(CNCc3c(F)cccc3Cl)c(O)ccc12.Cl. The molecule has 0 bridgehead atoms. The Morgan fingerprint density at radius 1 is 1.19 bits per heavy atom. The van der Waals surface area contributed by atoms with Crippen LogP contribution in [-0.2, 0) is 19.5 Å². The zero-order chi connectivity index (χ0) is 18.0. The highest BCUT2D eigenvalue weighted by atomic mass is 35.5. The minimum absolute atomic E-state index is 0. The Hall–Kier alpha value is -2.08. The summed E-state index contributed by atoms with van der Waals surface area (Å²) in [4.78, 5) is 11.8. The topological polar surface area (TPSA) is 62.5 Å². The molecule has 1 heterocycles. The second-order valence-corrected chi connectivity index (χ2v) is 6.10. The van der Waals surface area contributed by atoms with E-state index in [1.54, 1.807) is 24.3 Å². The van der Waals surface area contributed by atoms with Gasteiger partial charge in [-0.2, -0.15) is 0 Å². The van der Waals surface area contributed by atoms with Crippen molar-refractivity contribution in [2.24, 2.45) is 0 Å². The zero-order valence-electron chi connectivity index (χ0n) is 14.0. The highest BCUT2D eigenvalue weighted by Crippen LogP contribution is 2.29. The van der Waals surface area contributed by atoms with E-state index in [0.29, 0.717) is 28.2 Å². The predicted molar refractivity (Wildman–Crippen MR) is 103 cm³/mol. The molecule has 0 saturated heterocycles. The minimum Gasteiger partial charge on any atom is -0.507 e. The quantitative estimate of drug-likeness (QED) is 0.619. The summed E-state index contributed by atoms with van der Waals surface area (Å²) in [5.41, 5.74) is 1.53. The molecular formula is C19H18Cl2FNO3. The number of halogens is 3. The van der Waals surface area contributed by atoms with Crippen LogP contribution < -0.4 is 10.9 Å². The molecule has 2 N–H and O–H groups in total. The number of hydrogen-bond donors (Lipinski definition) is 2. The van der Waals surface area contributed by atoms with Gasteiger partial charge >= 0.3 is 5.63 Å². The monoisotopic (exact) mass is 397 g/mol. The van der Waals surface area contributed by atoms with Gasteiger partial charge in [-0.3, -0.25) is 0 Å². The summed E-state index contributed by atoms with van der Waals surface area (Å²) in [6.45, 7) is 2.32. The first-order valence-electron chi connectivity index (χ1n) is 7.92. The third kappa shape index (κ3) is 4.01. The molecule has 7 heteroatoms. The molecule has 0 aliphatic rings. The fourth-order valence-corrected chi connectivity index (χ4v) is 3.04. The van der Waals surface area contributed by atoms with Crippen LogP contribution in [0.4, 0.5) is 4.39 Å². The maximum absolute atomic E-state index is 13.8. The van der Waals surface area contributed by atoms with Crippen LogP contribution in [-0.4, -0.2) is 5.11 Å². The Kier molecular flexibility index (Phi) is 6.64. The number of aromatic hydroxyl groups is 1. The van der Waals surface area contributed by atoms with E-state index in [4.69, 9.17) is 16.0 Å². The molecule has 0 aliphatic heterocycles. The Bertz CT molecular complexity index is 968. The van der Waals surface area contributed by atoms with Crippen molar-refractivity contribution < 1.29 is 13.9 Å². The van der Waals surface area contributed by atoms with Gasteiger partial charge < -0.3 is 14.8 Å². The van der Waals surface area contributed by atoms with Crippen molar-refractivity contribution >= 4 is 35.0 Å². The first-order chi connectivity index (χ1) is 12.0. The van der Waals surface area contributed by atoms with Gasteiger partial charge in [-0.1, -0.05) is 24.6 Å². The largest absolute Gasteiger partial charge is 0.507 e. The summed E-state index contributed by atoms with van der Waals surface area (Å²) >= 11 is 6.01. The molecule has 3 aromatic rings. The molecule has 0 aliphatic carbocycles. The van der Waals surface area contributed by atoms with Crippen LogP contribution in [0, 0.1) is 5.82 Å². The van der Waals surface area contributed by atoms with Crippen molar-refractivity contribution in [2.45, 2.75) is 26.4 Å². The molecule has 4 nitrogen and oxygen atoms in total. The molecule has 0 spiro atoms. The number of benzene rings is 2. The van der Waals surface area contributed by atoms with E-state index >= 15 is 0 Å². The van der Waals surface area contributed by atoms with Crippen LogP contribution in [0.25, 0.3) is 11.0 Å². The standard InChI is InChI=1S/C19H17ClFNO3.ClH/c1-2-11-8-18(24)25-19-12(11)6-7-17(23)14(19)10-22-9-13-15(20)4-3-5-16(13)21;/h3-8,22-23H,2,9-10H2,1H3;1H. The van der Waals surface area contributed by atoms with Crippen molar-refractivity contribution in [3.63, 3.8) is 0 Å². The fraction of sp³-hybridized carbons (Fsp3) is 0.211. The van der Waals surface area contributed by atoms with Crippen molar-refractivity contribution in [1.82, 2.24) is 5.32 Å². The van der Waals surface area contributed by atoms with E-state index in [-0.39, 0.29) is 31.2 Å². The number of aryl methyl sites for hydroxylation is 1. The van der Waals surface area contributed by atoms with Crippen molar-refractivity contribution in [2.75, 3.05) is 0 Å². The molecule has 0 amide bonds. The molecule has 2 aromatic carbocycles. The van der Waals surface area contributed by atoms with E-state index < -0.39 is 11.4 Å². The smallest absolute Gasteiger partial charge is 0.336 e. The average molecular weight is 398 g/mol. The summed E-state index contributed by atoms with van der Waals surface area (Å²) in [6.07, 6.45) is 0.671. The summed E-state index contributed by atoms with van der Waals surface area (Å²) in [5, 5.41) is 14.3. The van der Waals surface area contributed by atoms with Crippen molar-refractivity contribution in [1.29, 1.82) is 0 Å². The van der Waals surface area contributed by atoms with Crippen LogP contribution in [0.3, 0.4) is 0 Å². The van der Waals surface area contributed by atoms with Gasteiger partial charge in [0, 0.05) is 35.1 Å². The summed E-state index contributed by atoms with van der Waals surface area (Å²) < 4.78 is 19.1. The summed E-state index contributed by atoms with van der Waals surface area (Å²) in [6, 6.07) is 9.24. The normalized spacial score (nSPS) is 10.7. The molecule has 0 unspecified atom stereocenters. The van der Waals surface area contributed by atoms with E-state index in [1.807, 2.05) is 6.92 Å². The van der Waals surface area contributed by atoms with Crippen molar-refractivity contribution in [3.8, 4) is 5.75 Å². The Morgan fingerprint density at radius 3 is 2.62 bits per heavy atom. The fourth-order valence-electron chi connectivity index (χ4n) is 2.81. The van der Waals surface area contributed by atoms with Crippen LogP contribution in [0.15, 0.2) is 45.6 Å². The Balaban J connectivity index is 0.00000243. The molecule has 26 heavy (non-hydrogen) atoms. The number of phenolic OH excluding ortho intramolecular Hbond substituents is 1. The van der Waals surface area contributed by atoms with E-state index in [1.165, 1.54) is 12.1 Å². The third-order valence-corrected chi connectivity index (χ3v) is 4.48. The first-order valence-corrected chi connectivity index (χ1v) is 8.30. The van der Waals surface area contributed by atoms with Gasteiger partial charge in [-0.25, -0.2) is 9.18 Å². The maximum atomic E-state index is 13.8. The second kappa shape index (κ2) is 8.54. The highest BCUT2D eigenvalue weighted by molar-refractivity contribution is 6.31. The lowest BCUT2D eigenvalue weighted by molar-refractivity contribution is 0.460. The molecule has 1 aromatic heterocycles. The number of fused-ring (bicyclic) bond motifs is 1. The lowest BCUT2D eigenvalue weighted by Gasteiger charge is -2.12. The number of phenols is 1. The molecule has 0 fully saturated rings. The predicted octanol–water partition coefficient (Wildman–Crippen LogP) is 4.57. The summed E-state index contributed by atoms with van der Waals surface area (Å²) in [5.74, 6) is -0.391. The molecule has 0 saturated carbocycles. The summed E-state index contributed by atoms with van der Waals surface area (Å²) in [7, 11) is 0. The van der Waals surface area contributed by atoms with Crippen LogP contribution in [0.1, 0.15) is 23.6 Å². The third-order valence-electron chi connectivity index (χ3n) is 4.12. The first kappa shape index (κ1) is 20.2. The zero-order valence-corrected chi connectivity index (χ0v) is 15.6. The van der Waals surface area contributed by atoms with E-state index in [0.717, 1.165) is 10.9 Å². The van der Waals surface area contributed by atoms with E-state index in [9.17, 15) is 14.3 Å². The van der Waals surface area contributed by atoms with Gasteiger partial charge in [0.15, 0.2) is 0 Å². The van der Waals surface area contributed by atoms with Crippen molar-refractivity contribution in [3.05, 3.63) is 74.3 Å². The highest BCUT2D eigenvalue weighted by Gasteiger charge is 2.14. The molecule has 3 rings (SSSR count). The van der Waals surface area contributed by atoms with Crippen LogP contribution in [0.5, 0.6) is 5.75 Å². The minimum atomic E-state index is -0.464. The molecular weight excluding hydrogens is 380 g/mol. The van der Waals surface area contributed by atoms with E-state index in [2.05, 4.69) is 5.32 Å². The van der Waals surface area contributed by atoms with Gasteiger partial charge in [0.1, 0.15) is 17.1 Å². The number of rotatable bonds is 5. The number of nitrogens with one attached hydrogen (secondary N) is 1. The lowest BCUT2D eigenvalue weighted by Crippen LogP contribution is -2.15. The van der Waals surface area contributed by atoms with Gasteiger partial charge in [0.25, 0.3) is 0 Å². The van der Waals surface area contributed by atoms with Gasteiger partial charge in [0.05, 0.1) is 5.56 Å². The second-order valence-electron chi connectivity index (χ2n) is 5.69. The van der Waals surface area contributed by atoms with Gasteiger partial charge in [-0.15, -0.1) is 12.4 Å². The maximum Gasteiger partial charge on any atom is 0.336 e. The van der Waals surface area contributed by atoms with Crippen LogP contribution >= 0.6 is 24.0 Å². The molecule has 0 atom stereocenters. The Morgan fingerprint density at radius 2 is 1.92 bits per heavy atom. The lowest BCUT2D eigenvalue weighted by atomic mass is 10.0. The van der Waals surface area contributed by atoms with Gasteiger partial charge in [-0.05, 0) is 36.2 Å². The number of hydrogen-bond acceptors (Lipinski definition) is 4. The molecule has 0 radical (unpaired) electrons. The van der Waals surface area contributed by atoms with Gasteiger partial charge in [0.2, 0.25) is 0 Å². The van der Waals surface area contributed by atoms with Crippen LogP contribution in [0.2, 0.25) is 5.02 Å².